The fourth-order valence-electron chi connectivity index (χ4n) is 0.759. The Kier molecular flexibility index (Phi) is 3.56. The summed E-state index contributed by atoms with van der Waals surface area (Å²) in [6.07, 6.45) is -3.14. The minimum absolute atomic E-state index is 0.127. The van der Waals surface area contributed by atoms with Gasteiger partial charge in [-0.3, -0.25) is 4.98 Å². The van der Waals surface area contributed by atoms with Crippen molar-refractivity contribution < 1.29 is 13.2 Å². The molecule has 0 bridgehead atoms. The quantitative estimate of drug-likeness (QED) is 0.547. The van der Waals surface area contributed by atoms with Crippen molar-refractivity contribution in [3.05, 3.63) is 27.1 Å². The van der Waals surface area contributed by atoms with Crippen LogP contribution in [0.4, 0.5) is 13.2 Å². The molecule has 0 amide bonds. The van der Waals surface area contributed by atoms with Gasteiger partial charge in [0.15, 0.2) is 5.69 Å². The van der Waals surface area contributed by atoms with E-state index in [1.54, 1.807) is 22.6 Å². The maximum Gasteiger partial charge on any atom is 0.434 e. The Hall–Kier alpha value is 0.150. The van der Waals surface area contributed by atoms with Crippen LogP contribution in [0.15, 0.2) is 12.3 Å². The van der Waals surface area contributed by atoms with Gasteiger partial charge >= 0.3 is 6.18 Å². The molecule has 1 nitrogen and oxygen atoms in total. The highest BCUT2D eigenvalue weighted by atomic mass is 127. The maximum absolute atomic E-state index is 12.2. The van der Waals surface area contributed by atoms with Crippen LogP contribution in [0.1, 0.15) is 11.3 Å². The first-order valence-corrected chi connectivity index (χ1v) is 5.42. The molecule has 1 rings (SSSR count). The van der Waals surface area contributed by atoms with Crippen LogP contribution in [-0.2, 0) is 11.5 Å². The van der Waals surface area contributed by atoms with Crippen LogP contribution in [0.3, 0.4) is 0 Å². The van der Waals surface area contributed by atoms with Gasteiger partial charge < -0.3 is 0 Å². The molecular weight excluding hydrogens is 362 g/mol. The zero-order valence-electron chi connectivity index (χ0n) is 6.20. The zero-order chi connectivity index (χ0) is 10.1. The second-order valence-corrected chi connectivity index (χ2v) is 4.03. The van der Waals surface area contributed by atoms with Gasteiger partial charge in [-0.15, -0.1) is 0 Å². The van der Waals surface area contributed by atoms with Crippen LogP contribution in [0, 0.1) is 3.57 Å². The summed E-state index contributed by atoms with van der Waals surface area (Å²) in [4.78, 5) is 3.36. The molecule has 1 heterocycles. The van der Waals surface area contributed by atoms with E-state index in [9.17, 15) is 13.2 Å². The van der Waals surface area contributed by atoms with Crippen molar-refractivity contribution in [3.63, 3.8) is 0 Å². The van der Waals surface area contributed by atoms with Gasteiger partial charge in [0.2, 0.25) is 0 Å². The fourth-order valence-corrected chi connectivity index (χ4v) is 1.91. The molecule has 0 fully saturated rings. The van der Waals surface area contributed by atoms with E-state index in [0.29, 0.717) is 5.33 Å². The number of aromatic nitrogens is 1. The van der Waals surface area contributed by atoms with E-state index in [1.807, 2.05) is 0 Å². The SMILES string of the molecule is FC(F)(F)c1ncc(CBr)cc1I. The van der Waals surface area contributed by atoms with E-state index in [1.165, 1.54) is 12.3 Å². The summed E-state index contributed by atoms with van der Waals surface area (Å²) in [5.74, 6) is 0. The highest BCUT2D eigenvalue weighted by Gasteiger charge is 2.34. The predicted octanol–water partition coefficient (Wildman–Crippen LogP) is 3.60. The molecule has 0 aliphatic heterocycles. The molecule has 6 heteroatoms. The van der Waals surface area contributed by atoms with Crippen molar-refractivity contribution in [1.29, 1.82) is 0 Å². The summed E-state index contributed by atoms with van der Waals surface area (Å²) in [7, 11) is 0. The Morgan fingerprint density at radius 3 is 2.46 bits per heavy atom. The number of nitrogens with zero attached hydrogens (tertiary/aromatic N) is 1. The van der Waals surface area contributed by atoms with Gasteiger partial charge in [-0.25, -0.2) is 0 Å². The average molecular weight is 366 g/mol. The molecule has 0 saturated heterocycles. The summed E-state index contributed by atoms with van der Waals surface area (Å²) in [6, 6.07) is 1.46. The summed E-state index contributed by atoms with van der Waals surface area (Å²) in [6.45, 7) is 0. The van der Waals surface area contributed by atoms with Gasteiger partial charge in [-0.2, -0.15) is 13.2 Å². The maximum atomic E-state index is 12.2. The molecule has 0 saturated carbocycles. The standard InChI is InChI=1S/C7H4BrF3IN/c8-2-4-1-5(12)6(13-3-4)7(9,10)11/h1,3H,2H2. The van der Waals surface area contributed by atoms with E-state index in [0.717, 1.165) is 5.56 Å². The Bertz CT molecular complexity index is 313. The van der Waals surface area contributed by atoms with Crippen LogP contribution in [0.5, 0.6) is 0 Å². The normalized spacial score (nSPS) is 11.8. The van der Waals surface area contributed by atoms with Crippen molar-refractivity contribution in [2.24, 2.45) is 0 Å². The lowest BCUT2D eigenvalue weighted by atomic mass is 10.3. The van der Waals surface area contributed by atoms with Gasteiger partial charge in [-0.1, -0.05) is 15.9 Å². The first kappa shape index (κ1) is 11.2. The Balaban J connectivity index is 3.13. The van der Waals surface area contributed by atoms with Gasteiger partial charge in [0.25, 0.3) is 0 Å². The Labute approximate surface area is 95.0 Å². The van der Waals surface area contributed by atoms with E-state index in [4.69, 9.17) is 0 Å². The van der Waals surface area contributed by atoms with Crippen LogP contribution in [0.2, 0.25) is 0 Å². The van der Waals surface area contributed by atoms with E-state index in [-0.39, 0.29) is 3.57 Å². The van der Waals surface area contributed by atoms with Gasteiger partial charge in [-0.05, 0) is 34.2 Å². The Morgan fingerprint density at radius 1 is 1.46 bits per heavy atom. The van der Waals surface area contributed by atoms with E-state index < -0.39 is 11.9 Å². The first-order chi connectivity index (χ1) is 5.95. The fraction of sp³-hybridized carbons (Fsp3) is 0.286. The molecule has 0 unspecified atom stereocenters. The molecule has 13 heavy (non-hydrogen) atoms. The second kappa shape index (κ2) is 4.12. The lowest BCUT2D eigenvalue weighted by Crippen LogP contribution is -2.10. The minimum atomic E-state index is -4.36. The highest BCUT2D eigenvalue weighted by Crippen LogP contribution is 2.31. The van der Waals surface area contributed by atoms with Crippen LogP contribution in [0.25, 0.3) is 0 Å². The van der Waals surface area contributed by atoms with Crippen LogP contribution < -0.4 is 0 Å². The highest BCUT2D eigenvalue weighted by molar-refractivity contribution is 14.1. The third-order valence-corrected chi connectivity index (χ3v) is 2.79. The summed E-state index contributed by atoms with van der Waals surface area (Å²) >= 11 is 4.77. The molecule has 0 aliphatic rings. The minimum Gasteiger partial charge on any atom is -0.250 e. The number of hydrogen-bond donors (Lipinski definition) is 0. The number of hydrogen-bond acceptors (Lipinski definition) is 1. The van der Waals surface area contributed by atoms with Crippen molar-refractivity contribution in [2.75, 3.05) is 0 Å². The van der Waals surface area contributed by atoms with Crippen molar-refractivity contribution in [1.82, 2.24) is 4.98 Å². The number of halogens is 5. The first-order valence-electron chi connectivity index (χ1n) is 3.22. The molecule has 0 aliphatic carbocycles. The van der Waals surface area contributed by atoms with Crippen molar-refractivity contribution in [2.45, 2.75) is 11.5 Å². The summed E-state index contributed by atoms with van der Waals surface area (Å²) < 4.78 is 36.7. The molecule has 0 radical (unpaired) electrons. The monoisotopic (exact) mass is 365 g/mol. The molecule has 0 spiro atoms. The van der Waals surface area contributed by atoms with E-state index >= 15 is 0 Å². The number of rotatable bonds is 1. The number of pyridine rings is 1. The third-order valence-electron chi connectivity index (χ3n) is 1.32. The topological polar surface area (TPSA) is 12.9 Å². The van der Waals surface area contributed by atoms with Gasteiger partial charge in [0.05, 0.1) is 0 Å². The molecule has 0 N–H and O–H groups in total. The molecule has 1 aromatic heterocycles. The van der Waals surface area contributed by atoms with Crippen molar-refractivity contribution in [3.8, 4) is 0 Å². The second-order valence-electron chi connectivity index (χ2n) is 2.31. The smallest absolute Gasteiger partial charge is 0.250 e. The molecule has 0 atom stereocenters. The average Bonchev–Trinajstić information content (AvgIpc) is 2.01. The Morgan fingerprint density at radius 2 is 2.08 bits per heavy atom. The molecule has 1 aromatic rings. The van der Waals surface area contributed by atoms with E-state index in [2.05, 4.69) is 20.9 Å². The molecular formula is C7H4BrF3IN. The number of alkyl halides is 4. The van der Waals surface area contributed by atoms with Crippen LogP contribution >= 0.6 is 38.5 Å². The van der Waals surface area contributed by atoms with Gasteiger partial charge in [0, 0.05) is 15.1 Å². The lowest BCUT2D eigenvalue weighted by Gasteiger charge is -2.08. The summed E-state index contributed by atoms with van der Waals surface area (Å²) in [5.41, 5.74) is -0.0878. The largest absolute Gasteiger partial charge is 0.434 e. The lowest BCUT2D eigenvalue weighted by molar-refractivity contribution is -0.141. The predicted molar refractivity (Wildman–Crippen MR) is 54.6 cm³/mol. The molecule has 72 valence electrons. The van der Waals surface area contributed by atoms with Crippen molar-refractivity contribution >= 4 is 38.5 Å². The third kappa shape index (κ3) is 2.80. The van der Waals surface area contributed by atoms with Gasteiger partial charge in [0.1, 0.15) is 0 Å². The summed E-state index contributed by atoms with van der Waals surface area (Å²) in [5, 5.41) is 0.508. The zero-order valence-corrected chi connectivity index (χ0v) is 9.94. The van der Waals surface area contributed by atoms with Crippen LogP contribution in [-0.4, -0.2) is 4.98 Å². The molecule has 0 aromatic carbocycles.